The molecule has 1 aliphatic heterocycles. The van der Waals surface area contributed by atoms with E-state index in [1.54, 1.807) is 0 Å². The highest BCUT2D eigenvalue weighted by molar-refractivity contribution is 4.53. The van der Waals surface area contributed by atoms with Crippen LogP contribution in [0.2, 0.25) is 0 Å². The molecule has 5 nitrogen and oxygen atoms in total. The molecular formula is C12H26N2O3. The van der Waals surface area contributed by atoms with Crippen molar-refractivity contribution in [2.24, 2.45) is 5.34 Å². The van der Waals surface area contributed by atoms with Gasteiger partial charge >= 0.3 is 0 Å². The molecule has 1 fully saturated rings. The molecule has 0 N–H and O–H groups in total. The van der Waals surface area contributed by atoms with Gasteiger partial charge in [-0.25, -0.2) is 0 Å². The van der Waals surface area contributed by atoms with Gasteiger partial charge in [0.15, 0.2) is 6.73 Å². The van der Waals surface area contributed by atoms with Gasteiger partial charge in [-0.1, -0.05) is 13.3 Å². The lowest BCUT2D eigenvalue weighted by atomic mass is 10.3. The SMILES string of the molecule is CCCC[N+]1(COC(C)C)CCCC1.O=N[O-]. The zero-order valence-electron chi connectivity index (χ0n) is 11.4. The standard InChI is InChI=1S/C12H26NO.HNO2/c1-4-5-8-13(9-6-7-10-13)11-14-12(2)3;2-1-3/h12H,4-11H2,1-3H3;(H,2,3)/q+1;/p-1. The maximum absolute atomic E-state index is 8.00. The number of hydrogen-bond donors (Lipinski definition) is 0. The summed E-state index contributed by atoms with van der Waals surface area (Å²) in [5.74, 6) is 0. The zero-order chi connectivity index (χ0) is 13.1. The highest BCUT2D eigenvalue weighted by Crippen LogP contribution is 2.20. The highest BCUT2D eigenvalue weighted by atomic mass is 16.6. The molecule has 1 aliphatic rings. The normalized spacial score (nSPS) is 17.6. The van der Waals surface area contributed by atoms with Crippen molar-refractivity contribution in [1.82, 2.24) is 0 Å². The van der Waals surface area contributed by atoms with Crippen molar-refractivity contribution >= 4 is 0 Å². The van der Waals surface area contributed by atoms with Gasteiger partial charge < -0.3 is 19.3 Å². The summed E-state index contributed by atoms with van der Waals surface area (Å²) in [7, 11) is 0. The molecule has 0 aliphatic carbocycles. The first-order chi connectivity index (χ1) is 8.10. The Labute approximate surface area is 104 Å². The fourth-order valence-electron chi connectivity index (χ4n) is 2.22. The summed E-state index contributed by atoms with van der Waals surface area (Å²) in [5.41, 5.74) is 0. The zero-order valence-corrected chi connectivity index (χ0v) is 11.4. The van der Waals surface area contributed by atoms with Crippen molar-refractivity contribution in [3.8, 4) is 0 Å². The van der Waals surface area contributed by atoms with E-state index >= 15 is 0 Å². The second kappa shape index (κ2) is 9.36. The Bertz CT molecular complexity index is 192. The number of rotatable bonds is 6. The number of ether oxygens (including phenoxy) is 1. The van der Waals surface area contributed by atoms with Gasteiger partial charge in [0.05, 0.1) is 25.7 Å². The van der Waals surface area contributed by atoms with Gasteiger partial charge in [-0.05, 0) is 20.3 Å². The molecule has 102 valence electrons. The lowest BCUT2D eigenvalue weighted by Crippen LogP contribution is -2.48. The Balaban J connectivity index is 0.000000770. The van der Waals surface area contributed by atoms with Gasteiger partial charge in [0.1, 0.15) is 0 Å². The van der Waals surface area contributed by atoms with Gasteiger partial charge in [0, 0.05) is 12.8 Å². The third-order valence-corrected chi connectivity index (χ3v) is 3.18. The van der Waals surface area contributed by atoms with Crippen molar-refractivity contribution in [2.45, 2.75) is 52.6 Å². The molecule has 0 bridgehead atoms. The molecule has 0 aromatic heterocycles. The van der Waals surface area contributed by atoms with Crippen LogP contribution >= 0.6 is 0 Å². The second-order valence-corrected chi connectivity index (χ2v) is 4.99. The minimum absolute atomic E-state index is 0.382. The van der Waals surface area contributed by atoms with E-state index in [2.05, 4.69) is 20.8 Å². The van der Waals surface area contributed by atoms with Gasteiger partial charge in [-0.3, -0.25) is 0 Å². The Kier molecular flexibility index (Phi) is 8.99. The summed E-state index contributed by atoms with van der Waals surface area (Å²) in [4.78, 5) is 8.00. The molecule has 0 atom stereocenters. The van der Waals surface area contributed by atoms with Gasteiger partial charge in [0.2, 0.25) is 0 Å². The summed E-state index contributed by atoms with van der Waals surface area (Å²) in [6, 6.07) is 0. The van der Waals surface area contributed by atoms with Crippen LogP contribution in [0.25, 0.3) is 0 Å². The molecule has 0 spiro atoms. The summed E-state index contributed by atoms with van der Waals surface area (Å²) in [5, 5.41) is 9.00. The third-order valence-electron chi connectivity index (χ3n) is 3.18. The van der Waals surface area contributed by atoms with Crippen LogP contribution in [-0.4, -0.2) is 37.0 Å². The van der Waals surface area contributed by atoms with Gasteiger partial charge in [-0.2, -0.15) is 0 Å². The monoisotopic (exact) mass is 246 g/mol. The fourth-order valence-corrected chi connectivity index (χ4v) is 2.22. The van der Waals surface area contributed by atoms with Crippen molar-refractivity contribution in [2.75, 3.05) is 26.4 Å². The van der Waals surface area contributed by atoms with Crippen LogP contribution in [0.3, 0.4) is 0 Å². The molecule has 1 saturated heterocycles. The smallest absolute Gasteiger partial charge is 0.183 e. The summed E-state index contributed by atoms with van der Waals surface area (Å²) in [6.45, 7) is 11.5. The highest BCUT2D eigenvalue weighted by Gasteiger charge is 2.31. The predicted molar refractivity (Wildman–Crippen MR) is 69.3 cm³/mol. The minimum atomic E-state index is 0.382. The molecule has 1 heterocycles. The van der Waals surface area contributed by atoms with Gasteiger partial charge in [0.25, 0.3) is 0 Å². The molecular weight excluding hydrogens is 220 g/mol. The maximum atomic E-state index is 8.00. The molecule has 0 unspecified atom stereocenters. The summed E-state index contributed by atoms with van der Waals surface area (Å²) >= 11 is 0. The van der Waals surface area contributed by atoms with Crippen LogP contribution < -0.4 is 0 Å². The lowest BCUT2D eigenvalue weighted by molar-refractivity contribution is -0.935. The molecule has 0 aromatic carbocycles. The first-order valence-corrected chi connectivity index (χ1v) is 6.52. The Morgan fingerprint density at radius 1 is 1.35 bits per heavy atom. The number of hydrogen-bond acceptors (Lipinski definition) is 4. The summed E-state index contributed by atoms with van der Waals surface area (Å²) in [6.07, 6.45) is 5.83. The van der Waals surface area contributed by atoms with E-state index in [0.717, 1.165) is 12.1 Å². The van der Waals surface area contributed by atoms with Crippen LogP contribution in [0, 0.1) is 10.1 Å². The van der Waals surface area contributed by atoms with Crippen LogP contribution in [0.5, 0.6) is 0 Å². The maximum Gasteiger partial charge on any atom is 0.183 e. The summed E-state index contributed by atoms with van der Waals surface area (Å²) < 4.78 is 7.03. The number of quaternary nitrogens is 1. The lowest BCUT2D eigenvalue weighted by Gasteiger charge is -2.34. The van der Waals surface area contributed by atoms with Crippen LogP contribution in [0.4, 0.5) is 0 Å². The third kappa shape index (κ3) is 7.28. The first kappa shape index (κ1) is 16.3. The van der Waals surface area contributed by atoms with Crippen molar-refractivity contribution in [1.29, 1.82) is 0 Å². The molecule has 0 amide bonds. The molecule has 5 heteroatoms. The van der Waals surface area contributed by atoms with Crippen molar-refractivity contribution in [3.05, 3.63) is 10.1 Å². The number of unbranched alkanes of at least 4 members (excludes halogenated alkanes) is 1. The van der Waals surface area contributed by atoms with Crippen LogP contribution in [0.1, 0.15) is 46.5 Å². The van der Waals surface area contributed by atoms with E-state index < -0.39 is 0 Å². The predicted octanol–water partition coefficient (Wildman–Crippen LogP) is 3.03. The first-order valence-electron chi connectivity index (χ1n) is 6.52. The van der Waals surface area contributed by atoms with E-state index in [4.69, 9.17) is 14.9 Å². The van der Waals surface area contributed by atoms with Gasteiger partial charge in [-0.15, -0.1) is 5.34 Å². The van der Waals surface area contributed by atoms with E-state index in [1.165, 1.54) is 49.8 Å². The molecule has 1 rings (SSSR count). The minimum Gasteiger partial charge on any atom is -0.444 e. The molecule has 0 saturated carbocycles. The fraction of sp³-hybridized carbons (Fsp3) is 1.00. The van der Waals surface area contributed by atoms with E-state index in [9.17, 15) is 0 Å². The largest absolute Gasteiger partial charge is 0.444 e. The Morgan fingerprint density at radius 3 is 2.29 bits per heavy atom. The van der Waals surface area contributed by atoms with E-state index in [-0.39, 0.29) is 0 Å². The van der Waals surface area contributed by atoms with Crippen molar-refractivity contribution in [3.63, 3.8) is 0 Å². The van der Waals surface area contributed by atoms with Crippen LogP contribution in [0.15, 0.2) is 5.34 Å². The van der Waals surface area contributed by atoms with Crippen molar-refractivity contribution < 1.29 is 9.22 Å². The average Bonchev–Trinajstić information content (AvgIpc) is 2.74. The molecule has 0 aromatic rings. The average molecular weight is 246 g/mol. The van der Waals surface area contributed by atoms with E-state index in [1.807, 2.05) is 0 Å². The Morgan fingerprint density at radius 2 is 1.88 bits per heavy atom. The van der Waals surface area contributed by atoms with E-state index in [0.29, 0.717) is 6.10 Å². The Hall–Kier alpha value is -0.680. The topological polar surface area (TPSA) is 61.7 Å². The quantitative estimate of drug-likeness (QED) is 0.411. The molecule has 17 heavy (non-hydrogen) atoms. The number of nitrogens with zero attached hydrogens (tertiary/aromatic N) is 2. The van der Waals surface area contributed by atoms with Crippen LogP contribution in [-0.2, 0) is 4.74 Å². The molecule has 0 radical (unpaired) electrons. The second-order valence-electron chi connectivity index (χ2n) is 4.99. The number of likely N-dealkylation sites (tertiary alicyclic amines) is 1.